The molecule has 1 heterocycles. The summed E-state index contributed by atoms with van der Waals surface area (Å²) in [6.07, 6.45) is -1.07. The van der Waals surface area contributed by atoms with Crippen LogP contribution in [0.4, 0.5) is 8.78 Å². The fraction of sp³-hybridized carbons (Fsp3) is 0.261. The van der Waals surface area contributed by atoms with Crippen LogP contribution in [0.3, 0.4) is 0 Å². The first kappa shape index (κ1) is 24.2. The molecule has 3 rings (SSSR count). The van der Waals surface area contributed by atoms with Crippen LogP contribution in [-0.2, 0) is 11.8 Å². The molecule has 0 saturated carbocycles. The number of hydrogen-bond acceptors (Lipinski definition) is 6. The van der Waals surface area contributed by atoms with E-state index in [0.717, 1.165) is 9.58 Å². The second-order valence-electron chi connectivity index (χ2n) is 7.08. The Morgan fingerprint density at radius 3 is 2.45 bits per heavy atom. The van der Waals surface area contributed by atoms with Gasteiger partial charge in [-0.1, -0.05) is 18.2 Å². The molecule has 0 radical (unpaired) electrons. The van der Waals surface area contributed by atoms with Crippen LogP contribution < -0.4 is 10.1 Å². The lowest BCUT2D eigenvalue weighted by molar-refractivity contribution is 0.0600. The lowest BCUT2D eigenvalue weighted by Crippen LogP contribution is -2.27. The summed E-state index contributed by atoms with van der Waals surface area (Å²) in [5.74, 6) is -0.929. The Morgan fingerprint density at radius 2 is 1.85 bits per heavy atom. The van der Waals surface area contributed by atoms with Crippen LogP contribution in [-0.4, -0.2) is 35.0 Å². The van der Waals surface area contributed by atoms with Gasteiger partial charge in [-0.05, 0) is 49.1 Å². The number of halogens is 2. The van der Waals surface area contributed by atoms with Crippen molar-refractivity contribution in [2.75, 3.05) is 13.4 Å². The van der Waals surface area contributed by atoms with E-state index in [0.29, 0.717) is 16.9 Å². The molecule has 33 heavy (non-hydrogen) atoms. The molecule has 0 unspecified atom stereocenters. The third-order valence-electron chi connectivity index (χ3n) is 4.89. The number of alkyl halides is 2. The van der Waals surface area contributed by atoms with Crippen molar-refractivity contribution in [2.45, 2.75) is 24.3 Å². The van der Waals surface area contributed by atoms with Crippen molar-refractivity contribution >= 4 is 23.6 Å². The van der Waals surface area contributed by atoms with Crippen molar-refractivity contribution in [3.8, 4) is 11.6 Å². The first-order valence-corrected chi connectivity index (χ1v) is 11.1. The van der Waals surface area contributed by atoms with Crippen molar-refractivity contribution in [3.63, 3.8) is 0 Å². The first-order chi connectivity index (χ1) is 15.7. The number of aryl methyl sites for hydroxylation is 1. The van der Waals surface area contributed by atoms with Gasteiger partial charge in [-0.3, -0.25) is 4.79 Å². The molecule has 1 atom stereocenters. The fourth-order valence-electron chi connectivity index (χ4n) is 3.17. The predicted molar refractivity (Wildman–Crippen MR) is 120 cm³/mol. The molecule has 0 aliphatic heterocycles. The SMILES string of the molecule is COC(=O)c1ccc([C@H](C)NC(=O)c2c(C(F)F)nn(C)c2Oc2cccc(SC)c2)cc1. The van der Waals surface area contributed by atoms with Crippen molar-refractivity contribution in [1.82, 2.24) is 15.1 Å². The number of ether oxygens (including phenoxy) is 2. The zero-order valence-corrected chi connectivity index (χ0v) is 19.3. The van der Waals surface area contributed by atoms with Gasteiger partial charge in [0.2, 0.25) is 5.88 Å². The maximum Gasteiger partial charge on any atom is 0.337 e. The summed E-state index contributed by atoms with van der Waals surface area (Å²) >= 11 is 1.50. The molecule has 174 valence electrons. The first-order valence-electron chi connectivity index (χ1n) is 9.91. The van der Waals surface area contributed by atoms with E-state index in [1.807, 2.05) is 12.3 Å². The Hall–Kier alpha value is -3.40. The van der Waals surface area contributed by atoms with Crippen LogP contribution in [0, 0.1) is 0 Å². The molecule has 1 N–H and O–H groups in total. The summed E-state index contributed by atoms with van der Waals surface area (Å²) in [4.78, 5) is 25.6. The number of benzene rings is 2. The molecule has 7 nitrogen and oxygen atoms in total. The fourth-order valence-corrected chi connectivity index (χ4v) is 3.61. The van der Waals surface area contributed by atoms with Crippen LogP contribution in [0.2, 0.25) is 0 Å². The highest BCUT2D eigenvalue weighted by Gasteiger charge is 2.30. The van der Waals surface area contributed by atoms with E-state index in [9.17, 15) is 18.4 Å². The van der Waals surface area contributed by atoms with Gasteiger partial charge in [0.1, 0.15) is 17.0 Å². The average Bonchev–Trinajstić information content (AvgIpc) is 3.15. The lowest BCUT2D eigenvalue weighted by Gasteiger charge is -2.16. The van der Waals surface area contributed by atoms with Crippen LogP contribution in [0.1, 0.15) is 51.4 Å². The van der Waals surface area contributed by atoms with Crippen molar-refractivity contribution in [2.24, 2.45) is 7.05 Å². The van der Waals surface area contributed by atoms with Crippen LogP contribution in [0.15, 0.2) is 53.4 Å². The normalized spacial score (nSPS) is 11.8. The van der Waals surface area contributed by atoms with Gasteiger partial charge in [0.25, 0.3) is 12.3 Å². The number of nitrogens with one attached hydrogen (secondary N) is 1. The molecular weight excluding hydrogens is 452 g/mol. The van der Waals surface area contributed by atoms with Crippen LogP contribution in [0.5, 0.6) is 11.6 Å². The molecule has 0 saturated heterocycles. The number of rotatable bonds is 8. The number of carbonyl (C=O) groups excluding carboxylic acids is 2. The Kier molecular flexibility index (Phi) is 7.70. The van der Waals surface area contributed by atoms with E-state index in [-0.39, 0.29) is 11.4 Å². The number of methoxy groups -OCH3 is 1. The Morgan fingerprint density at radius 1 is 1.15 bits per heavy atom. The van der Waals surface area contributed by atoms with Gasteiger partial charge in [0, 0.05) is 11.9 Å². The molecule has 1 aromatic heterocycles. The van der Waals surface area contributed by atoms with Crippen molar-refractivity contribution < 1.29 is 27.8 Å². The third-order valence-corrected chi connectivity index (χ3v) is 5.62. The predicted octanol–water partition coefficient (Wildman–Crippen LogP) is 5.15. The second-order valence-corrected chi connectivity index (χ2v) is 7.96. The number of nitrogens with zero attached hydrogens (tertiary/aromatic N) is 2. The number of thioether (sulfide) groups is 1. The Labute approximate surface area is 194 Å². The van der Waals surface area contributed by atoms with Crippen LogP contribution >= 0.6 is 11.8 Å². The maximum atomic E-state index is 13.7. The topological polar surface area (TPSA) is 82.5 Å². The van der Waals surface area contributed by atoms with Gasteiger partial charge >= 0.3 is 5.97 Å². The Balaban J connectivity index is 1.88. The van der Waals surface area contributed by atoms with Gasteiger partial charge in [-0.2, -0.15) is 5.10 Å². The monoisotopic (exact) mass is 475 g/mol. The van der Waals surface area contributed by atoms with E-state index in [2.05, 4.69) is 15.2 Å². The number of hydrogen-bond donors (Lipinski definition) is 1. The maximum absolute atomic E-state index is 13.7. The number of amides is 1. The van der Waals surface area contributed by atoms with E-state index in [1.165, 1.54) is 25.9 Å². The highest BCUT2D eigenvalue weighted by atomic mass is 32.2. The van der Waals surface area contributed by atoms with Crippen molar-refractivity contribution in [3.05, 3.63) is 70.9 Å². The Bertz CT molecular complexity index is 1150. The van der Waals surface area contributed by atoms with Crippen molar-refractivity contribution in [1.29, 1.82) is 0 Å². The summed E-state index contributed by atoms with van der Waals surface area (Å²) in [6, 6.07) is 13.0. The minimum Gasteiger partial charge on any atom is -0.465 e. The minimum absolute atomic E-state index is 0.0886. The summed E-state index contributed by atoms with van der Waals surface area (Å²) in [5.41, 5.74) is 0.0307. The van der Waals surface area contributed by atoms with Gasteiger partial charge < -0.3 is 14.8 Å². The second kappa shape index (κ2) is 10.5. The third kappa shape index (κ3) is 5.51. The summed E-state index contributed by atoms with van der Waals surface area (Å²) < 4.78 is 39.0. The highest BCUT2D eigenvalue weighted by Crippen LogP contribution is 2.33. The number of aromatic nitrogens is 2. The average molecular weight is 476 g/mol. The highest BCUT2D eigenvalue weighted by molar-refractivity contribution is 7.98. The molecule has 0 aliphatic carbocycles. The van der Waals surface area contributed by atoms with Gasteiger partial charge in [0.15, 0.2) is 0 Å². The molecule has 2 aromatic carbocycles. The van der Waals surface area contributed by atoms with E-state index < -0.39 is 30.0 Å². The molecule has 0 spiro atoms. The lowest BCUT2D eigenvalue weighted by atomic mass is 10.1. The molecule has 1 amide bonds. The molecule has 0 aliphatic rings. The van der Waals surface area contributed by atoms with E-state index >= 15 is 0 Å². The summed E-state index contributed by atoms with van der Waals surface area (Å²) in [7, 11) is 2.72. The van der Waals surface area contributed by atoms with E-state index in [1.54, 1.807) is 49.4 Å². The summed E-state index contributed by atoms with van der Waals surface area (Å²) in [5, 5.41) is 6.52. The molecule has 10 heteroatoms. The number of carbonyl (C=O) groups is 2. The zero-order valence-electron chi connectivity index (χ0n) is 18.5. The zero-order chi connectivity index (χ0) is 24.1. The molecule has 0 fully saturated rings. The molecular formula is C23H23F2N3O4S. The number of esters is 1. The van der Waals surface area contributed by atoms with Gasteiger partial charge in [0.05, 0.1) is 18.7 Å². The minimum atomic E-state index is -2.97. The molecule has 0 bridgehead atoms. The quantitative estimate of drug-likeness (QED) is 0.358. The van der Waals surface area contributed by atoms with E-state index in [4.69, 9.17) is 4.74 Å². The van der Waals surface area contributed by atoms with Gasteiger partial charge in [-0.25, -0.2) is 18.3 Å². The molecule has 3 aromatic rings. The summed E-state index contributed by atoms with van der Waals surface area (Å²) in [6.45, 7) is 1.70. The smallest absolute Gasteiger partial charge is 0.337 e. The van der Waals surface area contributed by atoms with Crippen LogP contribution in [0.25, 0.3) is 0 Å². The largest absolute Gasteiger partial charge is 0.465 e. The van der Waals surface area contributed by atoms with Gasteiger partial charge in [-0.15, -0.1) is 11.8 Å². The standard InChI is InChI=1S/C23H23F2N3O4S/c1-13(14-8-10-15(11-9-14)23(30)31-3)26-21(29)18-19(20(24)25)27-28(2)22(18)32-16-6-5-7-17(12-16)33-4/h5-13,20H,1-4H3,(H,26,29)/t13-/m0/s1.